The second-order valence-electron chi connectivity index (χ2n) is 5.84. The number of carbonyl (C=O) groups is 1. The van der Waals surface area contributed by atoms with E-state index >= 15 is 0 Å². The molecule has 144 valence electrons. The van der Waals surface area contributed by atoms with Crippen LogP contribution in [0, 0.1) is 6.92 Å². The van der Waals surface area contributed by atoms with E-state index in [9.17, 15) is 18.0 Å². The van der Waals surface area contributed by atoms with Crippen molar-refractivity contribution in [3.05, 3.63) is 71.1 Å². The average molecular weight is 389 g/mol. The van der Waals surface area contributed by atoms with Crippen LogP contribution in [-0.2, 0) is 6.18 Å². The first-order valence-electron chi connectivity index (χ1n) is 8.00. The number of nitrogens with zero attached hydrogens (tertiary/aromatic N) is 2. The lowest BCUT2D eigenvalue weighted by Gasteiger charge is -2.06. The third kappa shape index (κ3) is 4.37. The minimum atomic E-state index is -4.44. The predicted molar refractivity (Wildman–Crippen MR) is 96.3 cm³/mol. The number of hydrogen-bond donors (Lipinski definition) is 2. The fraction of sp³-hybridized carbons (Fsp3) is 0.105. The summed E-state index contributed by atoms with van der Waals surface area (Å²) in [7, 11) is 0. The largest absolute Gasteiger partial charge is 0.478 e. The zero-order valence-electron chi connectivity index (χ0n) is 14.5. The van der Waals surface area contributed by atoms with Crippen LogP contribution in [0.2, 0.25) is 0 Å². The zero-order chi connectivity index (χ0) is 20.3. The number of benzene rings is 1. The van der Waals surface area contributed by atoms with Gasteiger partial charge in [-0.25, -0.2) is 9.78 Å². The molecule has 0 spiro atoms. The normalized spacial score (nSPS) is 11.7. The Morgan fingerprint density at radius 3 is 2.61 bits per heavy atom. The third-order valence-electron chi connectivity index (χ3n) is 3.83. The van der Waals surface area contributed by atoms with Gasteiger partial charge in [0.2, 0.25) is 0 Å². The summed E-state index contributed by atoms with van der Waals surface area (Å²) < 4.78 is 43.1. The van der Waals surface area contributed by atoms with Gasteiger partial charge in [-0.2, -0.15) is 18.3 Å². The number of hydrazone groups is 1. The summed E-state index contributed by atoms with van der Waals surface area (Å²) >= 11 is 0. The van der Waals surface area contributed by atoms with Crippen molar-refractivity contribution in [2.24, 2.45) is 5.10 Å². The van der Waals surface area contributed by atoms with E-state index in [0.29, 0.717) is 17.7 Å². The highest BCUT2D eigenvalue weighted by molar-refractivity contribution is 5.89. The van der Waals surface area contributed by atoms with Crippen molar-refractivity contribution in [2.75, 3.05) is 5.43 Å². The van der Waals surface area contributed by atoms with Crippen molar-refractivity contribution in [3.8, 4) is 11.3 Å². The Morgan fingerprint density at radius 2 is 2.00 bits per heavy atom. The van der Waals surface area contributed by atoms with Crippen LogP contribution in [0.1, 0.15) is 27.2 Å². The fourth-order valence-corrected chi connectivity index (χ4v) is 2.43. The van der Waals surface area contributed by atoms with E-state index in [1.807, 2.05) is 0 Å². The quantitative estimate of drug-likeness (QED) is 0.483. The Labute approximate surface area is 157 Å². The molecule has 0 saturated heterocycles. The van der Waals surface area contributed by atoms with E-state index < -0.39 is 17.7 Å². The number of anilines is 1. The van der Waals surface area contributed by atoms with Crippen molar-refractivity contribution in [1.29, 1.82) is 0 Å². The van der Waals surface area contributed by atoms with Gasteiger partial charge in [-0.15, -0.1) is 0 Å². The van der Waals surface area contributed by atoms with Crippen molar-refractivity contribution >= 4 is 18.0 Å². The van der Waals surface area contributed by atoms with Gasteiger partial charge < -0.3 is 9.52 Å². The number of aromatic carboxylic acids is 1. The van der Waals surface area contributed by atoms with E-state index in [1.54, 1.807) is 31.2 Å². The molecule has 0 fully saturated rings. The monoisotopic (exact) mass is 389 g/mol. The first-order valence-corrected chi connectivity index (χ1v) is 8.00. The van der Waals surface area contributed by atoms with Crippen molar-refractivity contribution < 1.29 is 27.5 Å². The number of rotatable bonds is 5. The minimum absolute atomic E-state index is 0.149. The van der Waals surface area contributed by atoms with Gasteiger partial charge in [0.25, 0.3) is 0 Å². The molecular weight excluding hydrogens is 375 g/mol. The second kappa shape index (κ2) is 7.55. The lowest BCUT2D eigenvalue weighted by Crippen LogP contribution is -2.05. The summed E-state index contributed by atoms with van der Waals surface area (Å²) in [6, 6.07) is 10.1. The molecule has 2 heterocycles. The molecule has 0 atom stereocenters. The van der Waals surface area contributed by atoms with Gasteiger partial charge in [0.1, 0.15) is 17.3 Å². The molecule has 3 rings (SSSR count). The lowest BCUT2D eigenvalue weighted by atomic mass is 10.0. The van der Waals surface area contributed by atoms with Crippen molar-refractivity contribution in [2.45, 2.75) is 13.1 Å². The van der Waals surface area contributed by atoms with E-state index in [-0.39, 0.29) is 11.4 Å². The molecule has 0 saturated carbocycles. The topological polar surface area (TPSA) is 87.7 Å². The van der Waals surface area contributed by atoms with Crippen LogP contribution in [0.15, 0.2) is 58.2 Å². The van der Waals surface area contributed by atoms with Crippen LogP contribution in [-0.4, -0.2) is 22.3 Å². The lowest BCUT2D eigenvalue weighted by molar-refractivity contribution is -0.137. The third-order valence-corrected chi connectivity index (χ3v) is 3.83. The van der Waals surface area contributed by atoms with Crippen LogP contribution in [0.25, 0.3) is 11.3 Å². The smallest absolute Gasteiger partial charge is 0.417 e. The minimum Gasteiger partial charge on any atom is -0.478 e. The molecule has 2 aromatic heterocycles. The highest BCUT2D eigenvalue weighted by atomic mass is 19.4. The van der Waals surface area contributed by atoms with Crippen LogP contribution in [0.3, 0.4) is 0 Å². The molecule has 28 heavy (non-hydrogen) atoms. The maximum absolute atomic E-state index is 12.5. The molecule has 0 amide bonds. The average Bonchev–Trinajstić information content (AvgIpc) is 3.10. The molecule has 2 N–H and O–H groups in total. The van der Waals surface area contributed by atoms with Gasteiger partial charge >= 0.3 is 12.1 Å². The highest BCUT2D eigenvalue weighted by Gasteiger charge is 2.30. The maximum atomic E-state index is 12.5. The van der Waals surface area contributed by atoms with Crippen molar-refractivity contribution in [1.82, 2.24) is 4.98 Å². The van der Waals surface area contributed by atoms with Gasteiger partial charge in [0.05, 0.1) is 17.3 Å². The van der Waals surface area contributed by atoms with E-state index in [0.717, 1.165) is 17.2 Å². The summed E-state index contributed by atoms with van der Waals surface area (Å²) in [6.07, 6.45) is -2.38. The van der Waals surface area contributed by atoms with Gasteiger partial charge in [-0.3, -0.25) is 5.43 Å². The highest BCUT2D eigenvalue weighted by Crippen LogP contribution is 2.29. The van der Waals surface area contributed by atoms with E-state index in [1.165, 1.54) is 18.3 Å². The Bertz CT molecular complexity index is 1020. The molecule has 0 aliphatic rings. The van der Waals surface area contributed by atoms with E-state index in [4.69, 9.17) is 9.52 Å². The molecule has 9 heteroatoms. The molecule has 0 aliphatic carbocycles. The fourth-order valence-electron chi connectivity index (χ4n) is 2.43. The predicted octanol–water partition coefficient (Wildman–Crippen LogP) is 4.81. The Kier molecular flexibility index (Phi) is 5.16. The van der Waals surface area contributed by atoms with Crippen LogP contribution in [0.4, 0.5) is 19.0 Å². The first-order chi connectivity index (χ1) is 13.2. The van der Waals surface area contributed by atoms with Gasteiger partial charge in [-0.05, 0) is 48.9 Å². The van der Waals surface area contributed by atoms with Gasteiger partial charge in [0.15, 0.2) is 0 Å². The number of aryl methyl sites for hydroxylation is 1. The first kappa shape index (κ1) is 19.2. The molecule has 0 aliphatic heterocycles. The molecule has 0 radical (unpaired) electrons. The Balaban J connectivity index is 1.68. The number of carboxylic acid groups (broad SMARTS) is 1. The maximum Gasteiger partial charge on any atom is 0.417 e. The van der Waals surface area contributed by atoms with E-state index in [2.05, 4.69) is 15.5 Å². The SMILES string of the molecule is Cc1cc(C(=O)O)ccc1-c1ccc(/C=N/Nc2ccc(C(F)(F)F)cn2)o1. The zero-order valence-corrected chi connectivity index (χ0v) is 14.5. The number of halogens is 3. The standard InChI is InChI=1S/C19H14F3N3O3/c1-11-8-12(18(26)27)2-5-15(11)16-6-4-14(28-16)10-24-25-17-7-3-13(9-23-17)19(20,21)22/h2-10H,1H3,(H,23,25)(H,26,27)/b24-10+. The number of furan rings is 1. The van der Waals surface area contributed by atoms with Crippen molar-refractivity contribution in [3.63, 3.8) is 0 Å². The summed E-state index contributed by atoms with van der Waals surface area (Å²) in [4.78, 5) is 14.6. The second-order valence-corrected chi connectivity index (χ2v) is 5.84. The molecular formula is C19H14F3N3O3. The van der Waals surface area contributed by atoms with Crippen LogP contribution >= 0.6 is 0 Å². The molecule has 6 nitrogen and oxygen atoms in total. The van der Waals surface area contributed by atoms with Gasteiger partial charge in [-0.1, -0.05) is 6.07 Å². The molecule has 3 aromatic rings. The number of carboxylic acids is 1. The number of pyridine rings is 1. The number of alkyl halides is 3. The summed E-state index contributed by atoms with van der Waals surface area (Å²) in [6.45, 7) is 1.77. The molecule has 0 bridgehead atoms. The summed E-state index contributed by atoms with van der Waals surface area (Å²) in [5.74, 6) is 0.0701. The molecule has 0 unspecified atom stereocenters. The van der Waals surface area contributed by atoms with Crippen LogP contribution in [0.5, 0.6) is 0 Å². The number of nitrogens with one attached hydrogen (secondary N) is 1. The summed E-state index contributed by atoms with van der Waals surface area (Å²) in [5.41, 5.74) is 3.33. The molecule has 1 aromatic carbocycles. The van der Waals surface area contributed by atoms with Gasteiger partial charge in [0, 0.05) is 11.8 Å². The summed E-state index contributed by atoms with van der Waals surface area (Å²) in [5, 5.41) is 12.9. The number of aromatic nitrogens is 1. The Hall–Kier alpha value is -3.62. The number of hydrogen-bond acceptors (Lipinski definition) is 5. The van der Waals surface area contributed by atoms with Crippen LogP contribution < -0.4 is 5.43 Å². The Morgan fingerprint density at radius 1 is 1.21 bits per heavy atom.